The van der Waals surface area contributed by atoms with E-state index in [1.807, 2.05) is 0 Å². The van der Waals surface area contributed by atoms with Gasteiger partial charge in [0.15, 0.2) is 0 Å². The number of imidazole rings is 1. The van der Waals surface area contributed by atoms with E-state index in [1.54, 1.807) is 0 Å². The molecule has 2 aromatic heterocycles. The highest BCUT2D eigenvalue weighted by Crippen LogP contribution is 2.50. The molecule has 0 bridgehead atoms. The highest BCUT2D eigenvalue weighted by atomic mass is 16.3. The van der Waals surface area contributed by atoms with Crippen LogP contribution in [0, 0.1) is 0 Å². The minimum atomic E-state index is 0.0690. The summed E-state index contributed by atoms with van der Waals surface area (Å²) in [7, 11) is 0. The SMILES string of the molecule is CC(C)c1cccc(C(C)C)c1-n1c(-c2cccc3c2oc2cc(-c4cc5c6c(cccc6c4)C(C)(C)CC5(C)C)ccc23)nc2ccccc21. The van der Waals surface area contributed by atoms with Crippen molar-refractivity contribution in [3.05, 3.63) is 131 Å². The molecule has 3 heteroatoms. The minimum absolute atomic E-state index is 0.0690. The molecule has 3 nitrogen and oxygen atoms in total. The Labute approximate surface area is 301 Å². The van der Waals surface area contributed by atoms with Crippen molar-refractivity contribution in [2.75, 3.05) is 0 Å². The standard InChI is InChI=1S/C48H46N2O/c1-28(2)33-15-12-16-34(29(3)4)44(33)50-41-21-10-9-20-40(41)49-46(50)37-18-13-17-36-35-23-22-30(26-42(35)51-45(36)37)32-24-31-14-11-19-38-43(31)39(25-32)48(7,8)27-47(38,5)6/h9-26,28-29H,27H2,1-8H3. The molecule has 0 spiro atoms. The molecule has 0 saturated carbocycles. The van der Waals surface area contributed by atoms with Crippen LogP contribution in [0.2, 0.25) is 0 Å². The van der Waals surface area contributed by atoms with Crippen molar-refractivity contribution >= 4 is 43.7 Å². The first-order valence-corrected chi connectivity index (χ1v) is 18.6. The lowest BCUT2D eigenvalue weighted by molar-refractivity contribution is 0.341. The molecule has 0 saturated heterocycles. The highest BCUT2D eigenvalue weighted by molar-refractivity contribution is 6.10. The Balaban J connectivity index is 1.26. The van der Waals surface area contributed by atoms with E-state index in [0.29, 0.717) is 11.8 Å². The first-order valence-electron chi connectivity index (χ1n) is 18.6. The maximum Gasteiger partial charge on any atom is 0.149 e. The lowest BCUT2D eigenvalue weighted by atomic mass is 9.61. The number of para-hydroxylation sites is 4. The zero-order valence-electron chi connectivity index (χ0n) is 31.1. The predicted molar refractivity (Wildman–Crippen MR) is 216 cm³/mol. The number of nitrogens with zero attached hydrogens (tertiary/aromatic N) is 2. The van der Waals surface area contributed by atoms with E-state index in [0.717, 1.165) is 50.8 Å². The van der Waals surface area contributed by atoms with E-state index in [2.05, 4.69) is 169 Å². The molecule has 0 fully saturated rings. The zero-order valence-corrected chi connectivity index (χ0v) is 31.1. The summed E-state index contributed by atoms with van der Waals surface area (Å²) in [5.74, 6) is 1.61. The van der Waals surface area contributed by atoms with Crippen molar-refractivity contribution in [1.82, 2.24) is 9.55 Å². The number of hydrogen-bond acceptors (Lipinski definition) is 2. The Morgan fingerprint density at radius 1 is 0.647 bits per heavy atom. The lowest BCUT2D eigenvalue weighted by Crippen LogP contribution is -2.34. The largest absolute Gasteiger partial charge is 0.455 e. The topological polar surface area (TPSA) is 31.0 Å². The van der Waals surface area contributed by atoms with E-state index >= 15 is 0 Å². The maximum absolute atomic E-state index is 6.93. The molecule has 1 aliphatic rings. The molecule has 8 aromatic rings. The summed E-state index contributed by atoms with van der Waals surface area (Å²) in [5.41, 5.74) is 14.2. The summed E-state index contributed by atoms with van der Waals surface area (Å²) < 4.78 is 9.33. The second kappa shape index (κ2) is 11.2. The summed E-state index contributed by atoms with van der Waals surface area (Å²) >= 11 is 0. The smallest absolute Gasteiger partial charge is 0.149 e. The third-order valence-corrected chi connectivity index (χ3v) is 11.5. The van der Waals surface area contributed by atoms with Crippen molar-refractivity contribution in [2.24, 2.45) is 0 Å². The monoisotopic (exact) mass is 666 g/mol. The molecule has 0 N–H and O–H groups in total. The summed E-state index contributed by atoms with van der Waals surface area (Å²) in [6, 6.07) is 40.2. The van der Waals surface area contributed by atoms with Gasteiger partial charge < -0.3 is 4.42 Å². The van der Waals surface area contributed by atoms with Crippen molar-refractivity contribution in [2.45, 2.75) is 84.5 Å². The Kier molecular flexibility index (Phi) is 6.97. The number of benzene rings is 6. The van der Waals surface area contributed by atoms with Crippen LogP contribution in [0.5, 0.6) is 0 Å². The first-order chi connectivity index (χ1) is 24.4. The summed E-state index contributed by atoms with van der Waals surface area (Å²) in [6.07, 6.45) is 1.12. The van der Waals surface area contributed by atoms with E-state index in [1.165, 1.54) is 49.8 Å². The summed E-state index contributed by atoms with van der Waals surface area (Å²) in [5, 5.41) is 4.97. The number of fused-ring (bicyclic) bond motifs is 4. The average molecular weight is 667 g/mol. The van der Waals surface area contributed by atoms with E-state index in [9.17, 15) is 0 Å². The van der Waals surface area contributed by atoms with E-state index in [4.69, 9.17) is 9.40 Å². The normalized spacial score (nSPS) is 15.3. The average Bonchev–Trinajstić information content (AvgIpc) is 3.67. The van der Waals surface area contributed by atoms with Crippen LogP contribution in [0.3, 0.4) is 0 Å². The fourth-order valence-corrected chi connectivity index (χ4v) is 9.34. The van der Waals surface area contributed by atoms with Gasteiger partial charge in [-0.3, -0.25) is 4.57 Å². The van der Waals surface area contributed by atoms with Gasteiger partial charge in [-0.15, -0.1) is 0 Å². The molecule has 9 rings (SSSR count). The van der Waals surface area contributed by atoms with Crippen molar-refractivity contribution in [3.8, 4) is 28.2 Å². The molecule has 0 atom stereocenters. The fourth-order valence-electron chi connectivity index (χ4n) is 9.34. The third kappa shape index (κ3) is 4.81. The Bertz CT molecular complexity index is 2650. The second-order valence-electron chi connectivity index (χ2n) is 16.7. The molecule has 0 aliphatic heterocycles. The summed E-state index contributed by atoms with van der Waals surface area (Å²) in [6.45, 7) is 18.7. The molecule has 0 unspecified atom stereocenters. The molecular weight excluding hydrogens is 621 g/mol. The van der Waals surface area contributed by atoms with Gasteiger partial charge in [0.1, 0.15) is 17.0 Å². The van der Waals surface area contributed by atoms with Gasteiger partial charge in [-0.2, -0.15) is 0 Å². The van der Waals surface area contributed by atoms with E-state index < -0.39 is 0 Å². The van der Waals surface area contributed by atoms with Gasteiger partial charge >= 0.3 is 0 Å². The molecule has 51 heavy (non-hydrogen) atoms. The third-order valence-electron chi connectivity index (χ3n) is 11.5. The molecule has 2 heterocycles. The van der Waals surface area contributed by atoms with Crippen molar-refractivity contribution in [3.63, 3.8) is 0 Å². The Morgan fingerprint density at radius 3 is 2.12 bits per heavy atom. The van der Waals surface area contributed by atoms with Gasteiger partial charge in [0, 0.05) is 10.8 Å². The van der Waals surface area contributed by atoms with Gasteiger partial charge in [-0.25, -0.2) is 4.98 Å². The quantitative estimate of drug-likeness (QED) is 0.183. The van der Waals surface area contributed by atoms with Gasteiger partial charge in [-0.05, 0) is 116 Å². The minimum Gasteiger partial charge on any atom is -0.455 e. The van der Waals surface area contributed by atoms with Crippen LogP contribution in [-0.2, 0) is 10.8 Å². The number of aromatic nitrogens is 2. The van der Waals surface area contributed by atoms with Crippen LogP contribution in [0.1, 0.15) is 95.9 Å². The van der Waals surface area contributed by atoms with Gasteiger partial charge in [-0.1, -0.05) is 122 Å². The maximum atomic E-state index is 6.93. The molecule has 0 amide bonds. The van der Waals surface area contributed by atoms with Crippen LogP contribution in [0.15, 0.2) is 114 Å². The molecule has 0 radical (unpaired) electrons. The summed E-state index contributed by atoms with van der Waals surface area (Å²) in [4.78, 5) is 5.33. The van der Waals surface area contributed by atoms with Crippen LogP contribution in [0.25, 0.3) is 71.9 Å². The number of rotatable bonds is 5. The molecule has 6 aromatic carbocycles. The Hall–Kier alpha value is -5.15. The van der Waals surface area contributed by atoms with Crippen LogP contribution in [0.4, 0.5) is 0 Å². The zero-order chi connectivity index (χ0) is 35.4. The molecule has 254 valence electrons. The van der Waals surface area contributed by atoms with Crippen molar-refractivity contribution in [1.29, 1.82) is 0 Å². The van der Waals surface area contributed by atoms with Gasteiger partial charge in [0.2, 0.25) is 0 Å². The lowest BCUT2D eigenvalue weighted by Gasteiger charge is -2.42. The van der Waals surface area contributed by atoms with Crippen LogP contribution >= 0.6 is 0 Å². The number of hydrogen-bond donors (Lipinski definition) is 0. The van der Waals surface area contributed by atoms with Crippen molar-refractivity contribution < 1.29 is 4.42 Å². The van der Waals surface area contributed by atoms with Crippen LogP contribution < -0.4 is 0 Å². The highest BCUT2D eigenvalue weighted by Gasteiger charge is 2.39. The van der Waals surface area contributed by atoms with Crippen LogP contribution in [-0.4, -0.2) is 9.55 Å². The first kappa shape index (κ1) is 31.8. The number of furan rings is 1. The molecular formula is C48H46N2O. The van der Waals surface area contributed by atoms with Gasteiger partial charge in [0.05, 0.1) is 22.3 Å². The predicted octanol–water partition coefficient (Wildman–Crippen LogP) is 13.6. The fraction of sp³-hybridized carbons (Fsp3) is 0.271. The Morgan fingerprint density at radius 2 is 1.35 bits per heavy atom. The molecule has 1 aliphatic carbocycles. The van der Waals surface area contributed by atoms with E-state index in [-0.39, 0.29) is 10.8 Å². The second-order valence-corrected chi connectivity index (χ2v) is 16.7. The van der Waals surface area contributed by atoms with Gasteiger partial charge in [0.25, 0.3) is 0 Å².